The van der Waals surface area contributed by atoms with Gasteiger partial charge in [-0.15, -0.1) is 0 Å². The number of aliphatic hydroxyl groups excluding tert-OH is 1. The normalized spacial score (nSPS) is 10.8. The van der Waals surface area contributed by atoms with Gasteiger partial charge in [0, 0.05) is 6.42 Å². The second-order valence-electron chi connectivity index (χ2n) is 4.92. The van der Waals surface area contributed by atoms with Crippen molar-refractivity contribution in [1.82, 2.24) is 9.97 Å². The van der Waals surface area contributed by atoms with Gasteiger partial charge in [-0.05, 0) is 29.8 Å². The highest BCUT2D eigenvalue weighted by molar-refractivity contribution is 5.77. The van der Waals surface area contributed by atoms with Gasteiger partial charge in [0.15, 0.2) is 0 Å². The number of para-hydroxylation sites is 1. The zero-order valence-corrected chi connectivity index (χ0v) is 12.0. The van der Waals surface area contributed by atoms with Crippen molar-refractivity contribution in [2.75, 3.05) is 13.2 Å². The average molecular weight is 296 g/mol. The number of ether oxygens (including phenoxy) is 1. The minimum absolute atomic E-state index is 0.00992. The first-order chi connectivity index (χ1) is 10.8. The van der Waals surface area contributed by atoms with E-state index < -0.39 is 0 Å². The van der Waals surface area contributed by atoms with Gasteiger partial charge in [0.05, 0.1) is 17.5 Å². The second kappa shape index (κ2) is 6.41. The Morgan fingerprint density at radius 1 is 1.09 bits per heavy atom. The van der Waals surface area contributed by atoms with E-state index in [4.69, 9.17) is 9.84 Å². The largest absolute Gasteiger partial charge is 0.491 e. The standard InChI is InChI=1S/C17H16N2O3/c20-9-10-22-13-7-5-12(6-8-13)11-16-18-15-4-2-1-3-14(15)17(21)19-16/h1-8,20H,9-11H2,(H,18,19,21). The monoisotopic (exact) mass is 296 g/mol. The molecule has 0 unspecified atom stereocenters. The molecule has 0 atom stereocenters. The zero-order chi connectivity index (χ0) is 15.4. The Bertz CT molecular complexity index is 825. The lowest BCUT2D eigenvalue weighted by Crippen LogP contribution is -2.12. The Hall–Kier alpha value is -2.66. The van der Waals surface area contributed by atoms with Crippen LogP contribution in [0.25, 0.3) is 10.9 Å². The summed E-state index contributed by atoms with van der Waals surface area (Å²) in [5, 5.41) is 9.32. The summed E-state index contributed by atoms with van der Waals surface area (Å²) in [7, 11) is 0. The fourth-order valence-electron chi connectivity index (χ4n) is 2.28. The van der Waals surface area contributed by atoms with Crippen LogP contribution in [0.15, 0.2) is 53.3 Å². The van der Waals surface area contributed by atoms with E-state index in [0.717, 1.165) is 5.56 Å². The summed E-state index contributed by atoms with van der Waals surface area (Å²) in [6.07, 6.45) is 0.542. The van der Waals surface area contributed by atoms with Gasteiger partial charge in [-0.25, -0.2) is 4.98 Å². The number of nitrogens with one attached hydrogen (secondary N) is 1. The molecular formula is C17H16N2O3. The summed E-state index contributed by atoms with van der Waals surface area (Å²) in [5.74, 6) is 1.34. The lowest BCUT2D eigenvalue weighted by Gasteiger charge is -2.06. The van der Waals surface area contributed by atoms with Crippen LogP contribution in [0.2, 0.25) is 0 Å². The number of aromatic nitrogens is 2. The Labute approximate surface area is 127 Å². The fourth-order valence-corrected chi connectivity index (χ4v) is 2.28. The molecule has 2 N–H and O–H groups in total. The molecule has 0 aliphatic rings. The van der Waals surface area contributed by atoms with Crippen LogP contribution in [0.4, 0.5) is 0 Å². The number of fused-ring (bicyclic) bond motifs is 1. The SMILES string of the molecule is O=c1[nH]c(Cc2ccc(OCCO)cc2)nc2ccccc12. The summed E-state index contributed by atoms with van der Waals surface area (Å²) < 4.78 is 5.31. The molecule has 0 aliphatic heterocycles. The topological polar surface area (TPSA) is 75.2 Å². The molecule has 1 heterocycles. The molecule has 3 aromatic rings. The van der Waals surface area contributed by atoms with Crippen LogP contribution in [0, 0.1) is 0 Å². The third-order valence-electron chi connectivity index (χ3n) is 3.32. The number of aromatic amines is 1. The first kappa shape index (κ1) is 14.3. The third-order valence-corrected chi connectivity index (χ3v) is 3.32. The van der Waals surface area contributed by atoms with Crippen molar-refractivity contribution < 1.29 is 9.84 Å². The van der Waals surface area contributed by atoms with Gasteiger partial charge in [0.2, 0.25) is 0 Å². The molecule has 3 rings (SSSR count). The van der Waals surface area contributed by atoms with Crippen LogP contribution >= 0.6 is 0 Å². The van der Waals surface area contributed by atoms with E-state index in [1.165, 1.54) is 0 Å². The van der Waals surface area contributed by atoms with E-state index in [9.17, 15) is 4.79 Å². The Morgan fingerprint density at radius 2 is 1.86 bits per heavy atom. The molecule has 112 valence electrons. The summed E-state index contributed by atoms with van der Waals surface area (Å²) in [6.45, 7) is 0.267. The van der Waals surface area contributed by atoms with Crippen molar-refractivity contribution in [3.05, 3.63) is 70.3 Å². The van der Waals surface area contributed by atoms with Crippen LogP contribution in [-0.2, 0) is 6.42 Å². The molecule has 0 fully saturated rings. The summed E-state index contributed by atoms with van der Waals surface area (Å²) in [6, 6.07) is 14.8. The Kier molecular flexibility index (Phi) is 4.16. The molecule has 5 nitrogen and oxygen atoms in total. The van der Waals surface area contributed by atoms with E-state index >= 15 is 0 Å². The van der Waals surface area contributed by atoms with Crippen LogP contribution < -0.4 is 10.3 Å². The minimum atomic E-state index is -0.122. The molecular weight excluding hydrogens is 280 g/mol. The number of hydrogen-bond donors (Lipinski definition) is 2. The van der Waals surface area contributed by atoms with Crippen LogP contribution in [0.3, 0.4) is 0 Å². The highest BCUT2D eigenvalue weighted by Gasteiger charge is 2.04. The molecule has 0 amide bonds. The number of hydrogen-bond acceptors (Lipinski definition) is 4. The number of H-pyrrole nitrogens is 1. The van der Waals surface area contributed by atoms with Crippen molar-refractivity contribution in [2.24, 2.45) is 0 Å². The van der Waals surface area contributed by atoms with E-state index in [1.54, 1.807) is 6.07 Å². The molecule has 22 heavy (non-hydrogen) atoms. The lowest BCUT2D eigenvalue weighted by atomic mass is 10.1. The van der Waals surface area contributed by atoms with Crippen LogP contribution in [0.1, 0.15) is 11.4 Å². The van der Waals surface area contributed by atoms with E-state index in [2.05, 4.69) is 9.97 Å². The zero-order valence-electron chi connectivity index (χ0n) is 12.0. The lowest BCUT2D eigenvalue weighted by molar-refractivity contribution is 0.201. The highest BCUT2D eigenvalue weighted by Crippen LogP contribution is 2.14. The number of nitrogens with zero attached hydrogens (tertiary/aromatic N) is 1. The quantitative estimate of drug-likeness (QED) is 0.754. The first-order valence-electron chi connectivity index (χ1n) is 7.07. The van der Waals surface area contributed by atoms with Gasteiger partial charge in [-0.2, -0.15) is 0 Å². The maximum atomic E-state index is 12.0. The molecule has 1 aromatic heterocycles. The maximum Gasteiger partial charge on any atom is 0.258 e. The van der Waals surface area contributed by atoms with Crippen molar-refractivity contribution >= 4 is 10.9 Å². The number of benzene rings is 2. The average Bonchev–Trinajstić information content (AvgIpc) is 2.54. The van der Waals surface area contributed by atoms with Crippen molar-refractivity contribution in [2.45, 2.75) is 6.42 Å². The maximum absolute atomic E-state index is 12.0. The third kappa shape index (κ3) is 3.15. The van der Waals surface area contributed by atoms with Gasteiger partial charge >= 0.3 is 0 Å². The number of aliphatic hydroxyl groups is 1. The molecule has 0 saturated heterocycles. The predicted octanol–water partition coefficient (Wildman–Crippen LogP) is 1.89. The summed E-state index contributed by atoms with van der Waals surface area (Å²) in [5.41, 5.74) is 1.60. The van der Waals surface area contributed by atoms with E-state index in [1.807, 2.05) is 42.5 Å². The van der Waals surface area contributed by atoms with Crippen LogP contribution in [-0.4, -0.2) is 28.3 Å². The van der Waals surface area contributed by atoms with E-state index in [-0.39, 0.29) is 18.8 Å². The van der Waals surface area contributed by atoms with Crippen molar-refractivity contribution in [3.8, 4) is 5.75 Å². The fraction of sp³-hybridized carbons (Fsp3) is 0.176. The summed E-state index contributed by atoms with van der Waals surface area (Å²) in [4.78, 5) is 19.3. The van der Waals surface area contributed by atoms with Gasteiger partial charge in [0.1, 0.15) is 18.2 Å². The molecule has 5 heteroatoms. The van der Waals surface area contributed by atoms with Crippen molar-refractivity contribution in [3.63, 3.8) is 0 Å². The van der Waals surface area contributed by atoms with Crippen molar-refractivity contribution in [1.29, 1.82) is 0 Å². The molecule has 0 spiro atoms. The minimum Gasteiger partial charge on any atom is -0.491 e. The highest BCUT2D eigenvalue weighted by atomic mass is 16.5. The van der Waals surface area contributed by atoms with Gasteiger partial charge in [0.25, 0.3) is 5.56 Å². The van der Waals surface area contributed by atoms with Gasteiger partial charge < -0.3 is 14.8 Å². The molecule has 0 aliphatic carbocycles. The van der Waals surface area contributed by atoms with Gasteiger partial charge in [-0.3, -0.25) is 4.79 Å². The molecule has 0 saturated carbocycles. The molecule has 2 aromatic carbocycles. The first-order valence-corrected chi connectivity index (χ1v) is 7.07. The Balaban J connectivity index is 1.82. The number of rotatable bonds is 5. The summed E-state index contributed by atoms with van der Waals surface area (Å²) >= 11 is 0. The molecule has 0 radical (unpaired) electrons. The second-order valence-corrected chi connectivity index (χ2v) is 4.92. The smallest absolute Gasteiger partial charge is 0.258 e. The van der Waals surface area contributed by atoms with Crippen LogP contribution in [0.5, 0.6) is 5.75 Å². The molecule has 0 bridgehead atoms. The van der Waals surface area contributed by atoms with E-state index in [0.29, 0.717) is 28.9 Å². The Morgan fingerprint density at radius 3 is 2.64 bits per heavy atom. The van der Waals surface area contributed by atoms with Gasteiger partial charge in [-0.1, -0.05) is 24.3 Å². The predicted molar refractivity (Wildman–Crippen MR) is 84.2 cm³/mol.